The molecular formula is C26H28O14. The van der Waals surface area contributed by atoms with Crippen LogP contribution in [0, 0.1) is 0 Å². The van der Waals surface area contributed by atoms with Crippen LogP contribution in [0.4, 0.5) is 0 Å². The van der Waals surface area contributed by atoms with E-state index in [0.717, 1.165) is 6.07 Å². The second kappa shape index (κ2) is 10.6. The SMILES string of the molecule is O=c1cc(-c2ccc(O)cc2)oc2c([C@@H]3O[C@@H](CO)[C@H](O)[C@H]3O)c(O)c([C@@H]3O[C@H](CO)[C@H](O)[C@H](O)[C@H]3O)c(O)c12. The van der Waals surface area contributed by atoms with E-state index in [1.54, 1.807) is 0 Å². The highest BCUT2D eigenvalue weighted by Gasteiger charge is 2.49. The van der Waals surface area contributed by atoms with Gasteiger partial charge in [0.05, 0.1) is 24.3 Å². The molecular weight excluding hydrogens is 536 g/mol. The van der Waals surface area contributed by atoms with Gasteiger partial charge in [-0.15, -0.1) is 0 Å². The molecule has 216 valence electrons. The van der Waals surface area contributed by atoms with Crippen LogP contribution in [0.1, 0.15) is 23.3 Å². The monoisotopic (exact) mass is 564 g/mol. The molecule has 0 radical (unpaired) electrons. The minimum atomic E-state index is -1.98. The van der Waals surface area contributed by atoms with E-state index in [1.807, 2.05) is 0 Å². The van der Waals surface area contributed by atoms with Gasteiger partial charge in [0.25, 0.3) is 0 Å². The zero-order valence-corrected chi connectivity index (χ0v) is 20.6. The van der Waals surface area contributed by atoms with E-state index in [-0.39, 0.29) is 11.5 Å². The number of phenolic OH excluding ortho intramolecular Hbond substituents is 3. The van der Waals surface area contributed by atoms with Crippen LogP contribution < -0.4 is 5.43 Å². The lowest BCUT2D eigenvalue weighted by molar-refractivity contribution is -0.232. The van der Waals surface area contributed by atoms with Crippen molar-refractivity contribution in [3.8, 4) is 28.6 Å². The third kappa shape index (κ3) is 4.39. The van der Waals surface area contributed by atoms with Gasteiger partial charge in [-0.3, -0.25) is 4.79 Å². The van der Waals surface area contributed by atoms with Gasteiger partial charge >= 0.3 is 0 Å². The van der Waals surface area contributed by atoms with E-state index in [4.69, 9.17) is 13.9 Å². The highest BCUT2D eigenvalue weighted by molar-refractivity contribution is 5.92. The molecule has 0 aliphatic carbocycles. The lowest BCUT2D eigenvalue weighted by Gasteiger charge is -2.40. The molecule has 10 N–H and O–H groups in total. The smallest absolute Gasteiger partial charge is 0.197 e. The molecule has 1 aromatic heterocycles. The molecule has 3 heterocycles. The fraction of sp³-hybridized carbons (Fsp3) is 0.423. The van der Waals surface area contributed by atoms with Crippen LogP contribution in [-0.4, -0.2) is 107 Å². The summed E-state index contributed by atoms with van der Waals surface area (Å²) in [6.07, 6.45) is -15.3. The molecule has 0 bridgehead atoms. The first-order valence-corrected chi connectivity index (χ1v) is 12.3. The minimum Gasteiger partial charge on any atom is -0.508 e. The van der Waals surface area contributed by atoms with Gasteiger partial charge in [-0.05, 0) is 24.3 Å². The molecule has 2 aromatic carbocycles. The van der Waals surface area contributed by atoms with Crippen molar-refractivity contribution in [2.24, 2.45) is 0 Å². The Morgan fingerprint density at radius 3 is 1.75 bits per heavy atom. The second-order valence-electron chi connectivity index (χ2n) is 9.76. The maximum atomic E-state index is 13.4. The zero-order chi connectivity index (χ0) is 29.0. The van der Waals surface area contributed by atoms with Crippen molar-refractivity contribution < 1.29 is 65.0 Å². The van der Waals surface area contributed by atoms with Crippen molar-refractivity contribution in [3.05, 3.63) is 51.7 Å². The quantitative estimate of drug-likeness (QED) is 0.165. The van der Waals surface area contributed by atoms with Crippen LogP contribution in [0.3, 0.4) is 0 Å². The molecule has 0 amide bonds. The Morgan fingerprint density at radius 2 is 1.20 bits per heavy atom. The number of ether oxygens (including phenoxy) is 2. The summed E-state index contributed by atoms with van der Waals surface area (Å²) in [4.78, 5) is 13.4. The third-order valence-electron chi connectivity index (χ3n) is 7.35. The lowest BCUT2D eigenvalue weighted by Crippen LogP contribution is -2.55. The largest absolute Gasteiger partial charge is 0.508 e. The molecule has 14 nitrogen and oxygen atoms in total. The Hall–Kier alpha value is -3.31. The van der Waals surface area contributed by atoms with Crippen LogP contribution >= 0.6 is 0 Å². The number of phenols is 3. The van der Waals surface area contributed by atoms with Gasteiger partial charge in [-0.2, -0.15) is 0 Å². The number of aromatic hydroxyl groups is 3. The lowest BCUT2D eigenvalue weighted by atomic mass is 9.87. The Kier molecular flexibility index (Phi) is 7.47. The standard InChI is InChI=1S/C26H28O14/c27-6-12-17(31)21(35)23(37)25(39-12)15-19(33)14-10(30)5-11(8-1-3-9(29)4-2-8)38-24(14)16(20(15)34)26-22(36)18(32)13(7-28)40-26/h1-5,12-13,17-18,21-23,25-29,31-37H,6-7H2/t12-,13+,17+,18+,21+,22-,23-,25+,26+/m1/s1. The summed E-state index contributed by atoms with van der Waals surface area (Å²) in [5, 5.41) is 103. The second-order valence-corrected chi connectivity index (χ2v) is 9.76. The van der Waals surface area contributed by atoms with Gasteiger partial charge in [0.2, 0.25) is 0 Å². The fourth-order valence-electron chi connectivity index (χ4n) is 5.19. The molecule has 40 heavy (non-hydrogen) atoms. The summed E-state index contributed by atoms with van der Waals surface area (Å²) in [7, 11) is 0. The topological polar surface area (TPSA) is 251 Å². The van der Waals surface area contributed by atoms with Gasteiger partial charge in [0, 0.05) is 11.6 Å². The molecule has 5 rings (SSSR count). The first-order valence-electron chi connectivity index (χ1n) is 12.3. The van der Waals surface area contributed by atoms with Crippen molar-refractivity contribution in [2.45, 2.75) is 54.9 Å². The van der Waals surface area contributed by atoms with Gasteiger partial charge in [-0.1, -0.05) is 0 Å². The van der Waals surface area contributed by atoms with E-state index in [9.17, 15) is 55.9 Å². The van der Waals surface area contributed by atoms with Crippen molar-refractivity contribution in [3.63, 3.8) is 0 Å². The highest BCUT2D eigenvalue weighted by atomic mass is 16.6. The maximum absolute atomic E-state index is 13.4. The first-order chi connectivity index (χ1) is 19.0. The van der Waals surface area contributed by atoms with Crippen molar-refractivity contribution >= 4 is 11.0 Å². The molecule has 2 fully saturated rings. The van der Waals surface area contributed by atoms with Gasteiger partial charge < -0.3 is 65.0 Å². The summed E-state index contributed by atoms with van der Waals surface area (Å²) < 4.78 is 17.0. The van der Waals surface area contributed by atoms with Crippen molar-refractivity contribution in [1.29, 1.82) is 0 Å². The van der Waals surface area contributed by atoms with Gasteiger partial charge in [0.1, 0.15) is 83.3 Å². The summed E-state index contributed by atoms with van der Waals surface area (Å²) in [6, 6.07) is 6.50. The maximum Gasteiger partial charge on any atom is 0.197 e. The number of aliphatic hydroxyl groups excluding tert-OH is 7. The van der Waals surface area contributed by atoms with Crippen LogP contribution in [0.2, 0.25) is 0 Å². The van der Waals surface area contributed by atoms with Gasteiger partial charge in [-0.25, -0.2) is 0 Å². The van der Waals surface area contributed by atoms with Crippen LogP contribution in [0.25, 0.3) is 22.3 Å². The Labute approximate surface area is 224 Å². The molecule has 3 aromatic rings. The first kappa shape index (κ1) is 28.2. The molecule has 9 atom stereocenters. The van der Waals surface area contributed by atoms with Crippen LogP contribution in [-0.2, 0) is 9.47 Å². The van der Waals surface area contributed by atoms with E-state index < -0.39 is 107 Å². The molecule has 14 heteroatoms. The van der Waals surface area contributed by atoms with Crippen LogP contribution in [0.15, 0.2) is 39.5 Å². The number of hydrogen-bond acceptors (Lipinski definition) is 14. The zero-order valence-electron chi connectivity index (χ0n) is 20.6. The molecule has 0 unspecified atom stereocenters. The van der Waals surface area contributed by atoms with E-state index in [2.05, 4.69) is 0 Å². The number of hydrogen-bond donors (Lipinski definition) is 10. The van der Waals surface area contributed by atoms with Gasteiger partial charge in [0.15, 0.2) is 11.0 Å². The Balaban J connectivity index is 1.80. The number of fused-ring (bicyclic) bond motifs is 1. The summed E-state index contributed by atoms with van der Waals surface area (Å²) >= 11 is 0. The number of rotatable bonds is 5. The normalized spacial score (nSPS) is 32.5. The molecule has 0 saturated carbocycles. The third-order valence-corrected chi connectivity index (χ3v) is 7.35. The summed E-state index contributed by atoms with van der Waals surface area (Å²) in [5.41, 5.74) is -2.14. The van der Waals surface area contributed by atoms with E-state index in [1.165, 1.54) is 24.3 Å². The molecule has 2 aliphatic heterocycles. The van der Waals surface area contributed by atoms with E-state index in [0.29, 0.717) is 5.56 Å². The summed E-state index contributed by atoms with van der Waals surface area (Å²) in [5.74, 6) is -2.00. The molecule has 2 aliphatic rings. The average Bonchev–Trinajstić information content (AvgIpc) is 3.21. The average molecular weight is 564 g/mol. The predicted octanol–water partition coefficient (Wildman–Crippen LogP) is -1.75. The number of aliphatic hydroxyl groups is 7. The van der Waals surface area contributed by atoms with Crippen molar-refractivity contribution in [2.75, 3.05) is 13.2 Å². The predicted molar refractivity (Wildman–Crippen MR) is 132 cm³/mol. The minimum absolute atomic E-state index is 0.0708. The Bertz CT molecular complexity index is 1450. The molecule has 2 saturated heterocycles. The summed E-state index contributed by atoms with van der Waals surface area (Å²) in [6.45, 7) is -1.55. The fourth-order valence-corrected chi connectivity index (χ4v) is 5.19. The number of benzene rings is 2. The van der Waals surface area contributed by atoms with E-state index >= 15 is 0 Å². The Morgan fingerprint density at radius 1 is 0.675 bits per heavy atom. The highest BCUT2D eigenvalue weighted by Crippen LogP contribution is 2.51. The molecule has 0 spiro atoms. The van der Waals surface area contributed by atoms with Crippen LogP contribution in [0.5, 0.6) is 17.2 Å². The van der Waals surface area contributed by atoms with Crippen molar-refractivity contribution in [1.82, 2.24) is 0 Å².